The van der Waals surface area contributed by atoms with Crippen molar-refractivity contribution in [2.24, 2.45) is 5.92 Å². The van der Waals surface area contributed by atoms with Crippen molar-refractivity contribution in [1.29, 1.82) is 0 Å². The number of sulfonamides is 1. The van der Waals surface area contributed by atoms with Crippen LogP contribution in [0.5, 0.6) is 5.75 Å². The van der Waals surface area contributed by atoms with Crippen molar-refractivity contribution in [3.8, 4) is 5.75 Å². The van der Waals surface area contributed by atoms with E-state index in [-0.39, 0.29) is 30.4 Å². The lowest BCUT2D eigenvalue weighted by molar-refractivity contribution is -0.148. The molecule has 2 aliphatic rings. The molecular formula is C22H23FN2O6S. The molecule has 0 spiro atoms. The number of ether oxygens (including phenoxy) is 2. The predicted molar refractivity (Wildman–Crippen MR) is 113 cm³/mol. The molecule has 0 N–H and O–H groups in total. The van der Waals surface area contributed by atoms with Gasteiger partial charge in [0.25, 0.3) is 0 Å². The molecule has 0 radical (unpaired) electrons. The first-order valence-corrected chi connectivity index (χ1v) is 11.7. The average Bonchev–Trinajstić information content (AvgIpc) is 2.82. The number of methoxy groups -OCH3 is 1. The number of amides is 1. The number of fused-ring (bicyclic) bond motifs is 1. The van der Waals surface area contributed by atoms with Crippen LogP contribution < -0.4 is 9.64 Å². The van der Waals surface area contributed by atoms with Crippen LogP contribution in [-0.2, 0) is 24.3 Å². The van der Waals surface area contributed by atoms with Crippen molar-refractivity contribution in [2.45, 2.75) is 23.8 Å². The topological polar surface area (TPSA) is 93.2 Å². The van der Waals surface area contributed by atoms with Gasteiger partial charge >= 0.3 is 5.97 Å². The summed E-state index contributed by atoms with van der Waals surface area (Å²) >= 11 is 0. The molecule has 2 heterocycles. The summed E-state index contributed by atoms with van der Waals surface area (Å²) in [4.78, 5) is 27.0. The number of esters is 1. The Morgan fingerprint density at radius 1 is 1.09 bits per heavy atom. The summed E-state index contributed by atoms with van der Waals surface area (Å²) in [7, 11) is -2.62. The molecule has 8 nitrogen and oxygen atoms in total. The van der Waals surface area contributed by atoms with E-state index < -0.39 is 33.8 Å². The molecule has 4 rings (SSSR count). The molecule has 1 saturated heterocycles. The van der Waals surface area contributed by atoms with Crippen LogP contribution in [-0.4, -0.2) is 57.4 Å². The Labute approximate surface area is 185 Å². The zero-order valence-electron chi connectivity index (χ0n) is 17.4. The van der Waals surface area contributed by atoms with Gasteiger partial charge < -0.3 is 14.4 Å². The summed E-state index contributed by atoms with van der Waals surface area (Å²) in [5, 5.41) is 0. The summed E-state index contributed by atoms with van der Waals surface area (Å²) in [6.45, 7) is 0.249. The number of piperidine rings is 1. The van der Waals surface area contributed by atoms with E-state index in [2.05, 4.69) is 0 Å². The molecule has 2 aromatic carbocycles. The average molecular weight is 462 g/mol. The predicted octanol–water partition coefficient (Wildman–Crippen LogP) is 2.19. The largest absolute Gasteiger partial charge is 0.475 e. The fourth-order valence-corrected chi connectivity index (χ4v) is 5.56. The van der Waals surface area contributed by atoms with Gasteiger partial charge in [-0.3, -0.25) is 4.79 Å². The maximum absolute atomic E-state index is 13.5. The third-order valence-electron chi connectivity index (χ3n) is 5.69. The fourth-order valence-electron chi connectivity index (χ4n) is 4.04. The van der Waals surface area contributed by atoms with E-state index in [1.807, 2.05) is 0 Å². The molecule has 2 aromatic rings. The van der Waals surface area contributed by atoms with Crippen molar-refractivity contribution in [2.75, 3.05) is 31.6 Å². The van der Waals surface area contributed by atoms with Crippen LogP contribution in [0.2, 0.25) is 0 Å². The Morgan fingerprint density at radius 3 is 2.53 bits per heavy atom. The maximum atomic E-state index is 13.5. The molecule has 1 fully saturated rings. The molecular weight excluding hydrogens is 439 g/mol. The van der Waals surface area contributed by atoms with Crippen molar-refractivity contribution >= 4 is 27.6 Å². The Bertz CT molecular complexity index is 1120. The first-order chi connectivity index (χ1) is 15.3. The molecule has 10 heteroatoms. The maximum Gasteiger partial charge on any atom is 0.348 e. The van der Waals surface area contributed by atoms with E-state index in [0.29, 0.717) is 24.3 Å². The summed E-state index contributed by atoms with van der Waals surface area (Å²) in [5.74, 6) is -1.62. The molecule has 2 atom stereocenters. The third kappa shape index (κ3) is 4.20. The smallest absolute Gasteiger partial charge is 0.348 e. The van der Waals surface area contributed by atoms with E-state index in [0.717, 1.165) is 12.1 Å². The van der Waals surface area contributed by atoms with E-state index in [1.54, 1.807) is 24.3 Å². The number of para-hydroxylation sites is 2. The van der Waals surface area contributed by atoms with E-state index >= 15 is 0 Å². The van der Waals surface area contributed by atoms with Crippen molar-refractivity contribution in [3.63, 3.8) is 0 Å². The standard InChI is InChI=1S/C22H23FN2O6S/c1-30-22(27)20-14-25(18-6-2-3-7-19(18)31-20)21(26)15-5-4-12-24(13-15)32(28,29)17-10-8-16(23)9-11-17/h2-3,6-11,15,20H,4-5,12-14H2,1H3/t15-,20-/m0/s1. The molecule has 0 bridgehead atoms. The van der Waals surface area contributed by atoms with E-state index in [1.165, 1.54) is 28.4 Å². The minimum absolute atomic E-state index is 0.000950. The first-order valence-electron chi connectivity index (χ1n) is 10.2. The first kappa shape index (κ1) is 22.2. The Kier molecular flexibility index (Phi) is 6.16. The molecule has 0 unspecified atom stereocenters. The number of carbonyl (C=O) groups is 2. The van der Waals surface area contributed by atoms with Crippen LogP contribution in [0.15, 0.2) is 53.4 Å². The second-order valence-electron chi connectivity index (χ2n) is 7.70. The van der Waals surface area contributed by atoms with Crippen molar-refractivity contribution < 1.29 is 31.9 Å². The lowest BCUT2D eigenvalue weighted by atomic mass is 9.97. The molecule has 0 aromatic heterocycles. The van der Waals surface area contributed by atoms with Crippen LogP contribution in [0.3, 0.4) is 0 Å². The number of anilines is 1. The Hall–Kier alpha value is -2.98. The van der Waals surface area contributed by atoms with Gasteiger partial charge in [-0.15, -0.1) is 0 Å². The number of rotatable bonds is 4. The molecule has 32 heavy (non-hydrogen) atoms. The van der Waals surface area contributed by atoms with Crippen LogP contribution in [0, 0.1) is 11.7 Å². The summed E-state index contributed by atoms with van der Waals surface area (Å²) < 4.78 is 51.0. The van der Waals surface area contributed by atoms with Crippen molar-refractivity contribution in [3.05, 3.63) is 54.3 Å². The summed E-state index contributed by atoms with van der Waals surface area (Å²) in [6.07, 6.45) is 0.0430. The number of nitrogens with zero attached hydrogens (tertiary/aromatic N) is 2. The number of halogens is 1. The monoisotopic (exact) mass is 462 g/mol. The highest BCUT2D eigenvalue weighted by Gasteiger charge is 2.40. The van der Waals surface area contributed by atoms with E-state index in [9.17, 15) is 22.4 Å². The number of hydrogen-bond donors (Lipinski definition) is 0. The van der Waals surface area contributed by atoms with Gasteiger partial charge in [0, 0.05) is 13.1 Å². The van der Waals surface area contributed by atoms with Gasteiger partial charge in [-0.25, -0.2) is 17.6 Å². The minimum atomic E-state index is -3.87. The summed E-state index contributed by atoms with van der Waals surface area (Å²) in [6, 6.07) is 11.5. The highest BCUT2D eigenvalue weighted by atomic mass is 32.2. The van der Waals surface area contributed by atoms with Gasteiger partial charge in [-0.2, -0.15) is 4.31 Å². The van der Waals surface area contributed by atoms with Crippen LogP contribution in [0.4, 0.5) is 10.1 Å². The zero-order valence-corrected chi connectivity index (χ0v) is 18.3. The van der Waals surface area contributed by atoms with Gasteiger partial charge in [0.2, 0.25) is 22.0 Å². The second kappa shape index (κ2) is 8.87. The van der Waals surface area contributed by atoms with Crippen molar-refractivity contribution in [1.82, 2.24) is 4.31 Å². The van der Waals surface area contributed by atoms with E-state index in [4.69, 9.17) is 9.47 Å². The molecule has 0 aliphatic carbocycles. The molecule has 0 saturated carbocycles. The highest BCUT2D eigenvalue weighted by Crippen LogP contribution is 2.35. The minimum Gasteiger partial charge on any atom is -0.475 e. The van der Waals surface area contributed by atoms with Gasteiger partial charge in [0.05, 0.1) is 30.2 Å². The molecule has 1 amide bonds. The lowest BCUT2D eigenvalue weighted by Crippen LogP contribution is -2.52. The van der Waals surface area contributed by atoms with Gasteiger partial charge in [-0.1, -0.05) is 12.1 Å². The quantitative estimate of drug-likeness (QED) is 0.647. The van der Waals surface area contributed by atoms with Crippen LogP contribution in [0.1, 0.15) is 12.8 Å². The van der Waals surface area contributed by atoms with Gasteiger partial charge in [0.15, 0.2) is 0 Å². The highest BCUT2D eigenvalue weighted by molar-refractivity contribution is 7.89. The zero-order chi connectivity index (χ0) is 22.9. The molecule has 2 aliphatic heterocycles. The van der Waals surface area contributed by atoms with Gasteiger partial charge in [-0.05, 0) is 49.2 Å². The van der Waals surface area contributed by atoms with Crippen LogP contribution in [0.25, 0.3) is 0 Å². The SMILES string of the molecule is COC(=O)[C@@H]1CN(C(=O)[C@H]2CCCN(S(=O)(=O)c3ccc(F)cc3)C2)c2ccccc2O1. The fraction of sp³-hybridized carbons (Fsp3) is 0.364. The number of benzene rings is 2. The third-order valence-corrected chi connectivity index (χ3v) is 7.57. The normalized spacial score (nSPS) is 21.4. The summed E-state index contributed by atoms with van der Waals surface area (Å²) in [5.41, 5.74) is 0.524. The number of carbonyl (C=O) groups excluding carboxylic acids is 2. The number of hydrogen-bond acceptors (Lipinski definition) is 6. The van der Waals surface area contributed by atoms with Crippen LogP contribution >= 0.6 is 0 Å². The second-order valence-corrected chi connectivity index (χ2v) is 9.64. The lowest BCUT2D eigenvalue weighted by Gasteiger charge is -2.38. The molecule has 170 valence electrons. The van der Waals surface area contributed by atoms with Gasteiger partial charge in [0.1, 0.15) is 11.6 Å². The Morgan fingerprint density at radius 2 is 1.81 bits per heavy atom. The Balaban J connectivity index is 1.57.